The molecule has 4 amide bonds. The summed E-state index contributed by atoms with van der Waals surface area (Å²) in [5, 5.41) is 22.5. The van der Waals surface area contributed by atoms with Gasteiger partial charge in [-0.25, -0.2) is 4.79 Å². The Hall–Kier alpha value is -3.89. The van der Waals surface area contributed by atoms with Crippen LogP contribution < -0.4 is 10.2 Å². The normalized spacial score (nSPS) is 11.6. The van der Waals surface area contributed by atoms with Crippen LogP contribution in [0.2, 0.25) is 0 Å². The van der Waals surface area contributed by atoms with Gasteiger partial charge >= 0.3 is 6.03 Å². The van der Waals surface area contributed by atoms with E-state index in [4.69, 9.17) is 0 Å². The summed E-state index contributed by atoms with van der Waals surface area (Å²) in [7, 11) is 1.64. The number of aromatic nitrogens is 1. The number of aromatic hydroxyl groups is 1. The third-order valence-electron chi connectivity index (χ3n) is 6.31. The zero-order valence-corrected chi connectivity index (χ0v) is 23.8. The minimum absolute atomic E-state index is 0.0408. The summed E-state index contributed by atoms with van der Waals surface area (Å²) in [6.07, 6.45) is 2.88. The SMILES string of the molecule is CC(C)CC[C@H](CSc1ccc(O)cc1)C(=O)N(O)C(=O)NCCC(=O)N(C)c1cccnc1-c1ccccc1. The molecule has 0 aliphatic carbocycles. The van der Waals surface area contributed by atoms with Gasteiger partial charge in [0.15, 0.2) is 0 Å². The smallest absolute Gasteiger partial charge is 0.348 e. The van der Waals surface area contributed by atoms with Crippen molar-refractivity contribution in [3.8, 4) is 17.0 Å². The number of phenolic OH excluding ortho intramolecular Hbond substituents is 1. The Bertz CT molecular complexity index is 1270. The predicted molar refractivity (Wildman–Crippen MR) is 156 cm³/mol. The standard InChI is InChI=1S/C30H36N4O5S/c1-21(2)11-12-23(20-40-25-15-13-24(35)14-16-25)29(37)34(39)30(38)32-19-17-27(36)33(3)26-10-7-18-31-28(26)22-8-5-4-6-9-22/h4-10,13-16,18,21,23,35,39H,11-12,17,19-20H2,1-3H3,(H,32,38)/t23-/m1/s1. The number of pyridine rings is 1. The zero-order chi connectivity index (χ0) is 29.1. The van der Waals surface area contributed by atoms with Crippen molar-refractivity contribution in [3.63, 3.8) is 0 Å². The largest absolute Gasteiger partial charge is 0.508 e. The first-order chi connectivity index (χ1) is 19.2. The highest BCUT2D eigenvalue weighted by Gasteiger charge is 2.28. The Labute approximate surface area is 239 Å². The molecule has 0 saturated heterocycles. The van der Waals surface area contributed by atoms with Crippen molar-refractivity contribution in [2.24, 2.45) is 11.8 Å². The Morgan fingerprint density at radius 2 is 1.68 bits per heavy atom. The van der Waals surface area contributed by atoms with Crippen LogP contribution in [0, 0.1) is 11.8 Å². The van der Waals surface area contributed by atoms with Crippen molar-refractivity contribution in [2.45, 2.75) is 38.0 Å². The molecular weight excluding hydrogens is 528 g/mol. The van der Waals surface area contributed by atoms with E-state index in [1.807, 2.05) is 44.2 Å². The van der Waals surface area contributed by atoms with Crippen molar-refractivity contribution < 1.29 is 24.7 Å². The number of hydrogen-bond acceptors (Lipinski definition) is 7. The quantitative estimate of drug-likeness (QED) is 0.149. The average Bonchev–Trinajstić information content (AvgIpc) is 2.97. The highest BCUT2D eigenvalue weighted by atomic mass is 32.2. The fourth-order valence-corrected chi connectivity index (χ4v) is 5.00. The summed E-state index contributed by atoms with van der Waals surface area (Å²) in [6.45, 7) is 4.02. The number of thioether (sulfide) groups is 1. The van der Waals surface area contributed by atoms with Gasteiger partial charge in [-0.2, -0.15) is 0 Å². The minimum atomic E-state index is -0.976. The molecule has 0 radical (unpaired) electrons. The van der Waals surface area contributed by atoms with Crippen LogP contribution in [0.25, 0.3) is 11.3 Å². The number of benzene rings is 2. The van der Waals surface area contributed by atoms with Gasteiger partial charge in [0.2, 0.25) is 5.91 Å². The van der Waals surface area contributed by atoms with Gasteiger partial charge in [0.25, 0.3) is 5.91 Å². The molecule has 0 aliphatic heterocycles. The lowest BCUT2D eigenvalue weighted by Gasteiger charge is -2.22. The molecule has 1 heterocycles. The molecule has 0 spiro atoms. The summed E-state index contributed by atoms with van der Waals surface area (Å²) in [5.74, 6) is -0.695. The molecule has 10 heteroatoms. The van der Waals surface area contributed by atoms with E-state index in [0.717, 1.165) is 16.9 Å². The lowest BCUT2D eigenvalue weighted by Crippen LogP contribution is -2.45. The molecule has 0 unspecified atom stereocenters. The second-order valence-electron chi connectivity index (χ2n) is 9.79. The molecule has 0 aliphatic rings. The second-order valence-corrected chi connectivity index (χ2v) is 10.9. The second kappa shape index (κ2) is 15.0. The van der Waals surface area contributed by atoms with Gasteiger partial charge in [0.05, 0.1) is 17.3 Å². The minimum Gasteiger partial charge on any atom is -0.508 e. The van der Waals surface area contributed by atoms with Gasteiger partial charge in [-0.3, -0.25) is 19.8 Å². The van der Waals surface area contributed by atoms with Crippen LogP contribution in [-0.4, -0.2) is 57.6 Å². The number of anilines is 1. The molecule has 3 N–H and O–H groups in total. The van der Waals surface area contributed by atoms with Gasteiger partial charge in [-0.05, 0) is 48.7 Å². The first-order valence-corrected chi connectivity index (χ1v) is 14.2. The summed E-state index contributed by atoms with van der Waals surface area (Å²) in [5.41, 5.74) is 2.16. The van der Waals surface area contributed by atoms with Crippen LogP contribution in [0.15, 0.2) is 77.8 Å². The fourth-order valence-electron chi connectivity index (χ4n) is 3.96. The first-order valence-electron chi connectivity index (χ1n) is 13.2. The number of amides is 4. The number of carbonyl (C=O) groups is 3. The Morgan fingerprint density at radius 3 is 2.35 bits per heavy atom. The molecule has 212 valence electrons. The molecule has 1 aromatic heterocycles. The maximum Gasteiger partial charge on any atom is 0.348 e. The van der Waals surface area contributed by atoms with E-state index in [1.165, 1.54) is 16.7 Å². The monoisotopic (exact) mass is 564 g/mol. The topological polar surface area (TPSA) is 123 Å². The van der Waals surface area contributed by atoms with Crippen LogP contribution in [0.3, 0.4) is 0 Å². The molecule has 2 aromatic carbocycles. The molecule has 1 atom stereocenters. The Balaban J connectivity index is 1.55. The summed E-state index contributed by atoms with van der Waals surface area (Å²) in [6, 6.07) is 18.7. The van der Waals surface area contributed by atoms with Crippen molar-refractivity contribution >= 4 is 35.3 Å². The van der Waals surface area contributed by atoms with Crippen molar-refractivity contribution in [2.75, 3.05) is 24.2 Å². The van der Waals surface area contributed by atoms with Gasteiger partial charge in [0.1, 0.15) is 5.75 Å². The molecule has 0 bridgehead atoms. The number of rotatable bonds is 12. The van der Waals surface area contributed by atoms with E-state index < -0.39 is 17.9 Å². The third-order valence-corrected chi connectivity index (χ3v) is 7.49. The molecule has 0 fully saturated rings. The van der Waals surface area contributed by atoms with Crippen LogP contribution in [0.4, 0.5) is 10.5 Å². The van der Waals surface area contributed by atoms with Crippen molar-refractivity contribution in [1.29, 1.82) is 0 Å². The molecule has 40 heavy (non-hydrogen) atoms. The maximum atomic E-state index is 13.0. The maximum absolute atomic E-state index is 13.0. The van der Waals surface area contributed by atoms with Gasteiger partial charge in [-0.15, -0.1) is 16.8 Å². The number of phenols is 1. The lowest BCUT2D eigenvalue weighted by molar-refractivity contribution is -0.157. The number of imide groups is 1. The molecule has 9 nitrogen and oxygen atoms in total. The highest BCUT2D eigenvalue weighted by Crippen LogP contribution is 2.28. The number of hydroxylamine groups is 2. The van der Waals surface area contributed by atoms with E-state index in [9.17, 15) is 24.7 Å². The molecule has 0 saturated carbocycles. The van der Waals surface area contributed by atoms with Gasteiger partial charge in [0, 0.05) is 42.4 Å². The lowest BCUT2D eigenvalue weighted by atomic mass is 9.98. The molecule has 3 aromatic rings. The Kier molecular flexibility index (Phi) is 11.5. The number of urea groups is 1. The van der Waals surface area contributed by atoms with E-state index in [-0.39, 0.29) is 29.7 Å². The van der Waals surface area contributed by atoms with Crippen LogP contribution >= 0.6 is 11.8 Å². The van der Waals surface area contributed by atoms with Crippen molar-refractivity contribution in [3.05, 3.63) is 72.9 Å². The van der Waals surface area contributed by atoms with Gasteiger partial charge < -0.3 is 15.3 Å². The first kappa shape index (κ1) is 30.6. The average molecular weight is 565 g/mol. The fraction of sp³-hybridized carbons (Fsp3) is 0.333. The highest BCUT2D eigenvalue weighted by molar-refractivity contribution is 7.99. The summed E-state index contributed by atoms with van der Waals surface area (Å²) < 4.78 is 0. The van der Waals surface area contributed by atoms with Crippen LogP contribution in [0.1, 0.15) is 33.1 Å². The summed E-state index contributed by atoms with van der Waals surface area (Å²) in [4.78, 5) is 45.3. The number of nitrogens with one attached hydrogen (secondary N) is 1. The third kappa shape index (κ3) is 8.82. The molecular formula is C30H36N4O5S. The van der Waals surface area contributed by atoms with Crippen LogP contribution in [0.5, 0.6) is 5.75 Å². The van der Waals surface area contributed by atoms with E-state index in [2.05, 4.69) is 10.3 Å². The van der Waals surface area contributed by atoms with Gasteiger partial charge in [-0.1, -0.05) is 50.6 Å². The number of hydrogen-bond donors (Lipinski definition) is 3. The zero-order valence-electron chi connectivity index (χ0n) is 23.0. The predicted octanol–water partition coefficient (Wildman–Crippen LogP) is 5.58. The van der Waals surface area contributed by atoms with E-state index in [1.54, 1.807) is 49.6 Å². The Morgan fingerprint density at radius 1 is 0.975 bits per heavy atom. The van der Waals surface area contributed by atoms with E-state index >= 15 is 0 Å². The summed E-state index contributed by atoms with van der Waals surface area (Å²) >= 11 is 1.41. The van der Waals surface area contributed by atoms with Crippen LogP contribution in [-0.2, 0) is 9.59 Å². The van der Waals surface area contributed by atoms with Crippen molar-refractivity contribution in [1.82, 2.24) is 15.4 Å². The van der Waals surface area contributed by atoms with E-state index in [0.29, 0.717) is 29.5 Å². The number of carbonyl (C=O) groups excluding carboxylic acids is 3. The molecule has 3 rings (SSSR count). The number of nitrogens with zero attached hydrogens (tertiary/aromatic N) is 3.